The van der Waals surface area contributed by atoms with Gasteiger partial charge in [-0.3, -0.25) is 0 Å². The third-order valence-corrected chi connectivity index (χ3v) is 2.41. The maximum absolute atomic E-state index is 10.1. The smallest absolute Gasteiger partial charge is 0.0517 e. The summed E-state index contributed by atoms with van der Waals surface area (Å²) in [6.07, 6.45) is 0. The quantitative estimate of drug-likeness (QED) is 0.690. The van der Waals surface area contributed by atoms with Gasteiger partial charge >= 0.3 is 0 Å². The lowest BCUT2D eigenvalue weighted by molar-refractivity contribution is -0.301. The molecule has 0 aliphatic rings. The van der Waals surface area contributed by atoms with Crippen LogP contribution in [0.2, 0.25) is 5.02 Å². The Morgan fingerprint density at radius 2 is 2.00 bits per heavy atom. The summed E-state index contributed by atoms with van der Waals surface area (Å²) in [5.41, 5.74) is 0. The summed E-state index contributed by atoms with van der Waals surface area (Å²) in [5, 5.41) is 10.7. The Balaban J connectivity index is 2.53. The summed E-state index contributed by atoms with van der Waals surface area (Å²) in [6, 6.07) is 6.99. The maximum atomic E-state index is 10.1. The van der Waals surface area contributed by atoms with Gasteiger partial charge in [0.15, 0.2) is 0 Å². The van der Waals surface area contributed by atoms with E-state index in [0.717, 1.165) is 4.90 Å². The summed E-state index contributed by atoms with van der Waals surface area (Å²) in [5.74, 6) is -1.09. The highest BCUT2D eigenvalue weighted by Gasteiger charge is 1.93. The summed E-state index contributed by atoms with van der Waals surface area (Å²) in [6.45, 7) is 0. The molecular weight excluding hydrogens is 196 g/mol. The molecule has 0 amide bonds. The highest BCUT2D eigenvalue weighted by molar-refractivity contribution is 8.00. The zero-order valence-electron chi connectivity index (χ0n) is 6.12. The van der Waals surface area contributed by atoms with E-state index in [1.54, 1.807) is 24.3 Å². The van der Waals surface area contributed by atoms with Crippen molar-refractivity contribution in [1.82, 2.24) is 0 Å². The second kappa shape index (κ2) is 4.38. The van der Waals surface area contributed by atoms with E-state index in [-0.39, 0.29) is 5.75 Å². The van der Waals surface area contributed by atoms with E-state index in [1.807, 2.05) is 0 Å². The molecule has 0 radical (unpaired) electrons. The monoisotopic (exact) mass is 201 g/mol. The SMILES string of the molecule is O=C([O-])CSc1ccc(Cl)cc1. The number of rotatable bonds is 3. The molecule has 2 nitrogen and oxygen atoms in total. The van der Waals surface area contributed by atoms with E-state index in [0.29, 0.717) is 5.02 Å². The first-order valence-electron chi connectivity index (χ1n) is 3.26. The molecule has 1 rings (SSSR count). The fraction of sp³-hybridized carbons (Fsp3) is 0.125. The van der Waals surface area contributed by atoms with E-state index in [4.69, 9.17) is 11.6 Å². The van der Waals surface area contributed by atoms with Gasteiger partial charge in [-0.15, -0.1) is 11.8 Å². The van der Waals surface area contributed by atoms with Crippen LogP contribution in [-0.2, 0) is 4.79 Å². The highest BCUT2D eigenvalue weighted by Crippen LogP contribution is 2.19. The number of hydrogen-bond acceptors (Lipinski definition) is 3. The van der Waals surface area contributed by atoms with Crippen molar-refractivity contribution >= 4 is 29.3 Å². The minimum atomic E-state index is -1.06. The predicted molar refractivity (Wildman–Crippen MR) is 47.2 cm³/mol. The van der Waals surface area contributed by atoms with Crippen molar-refractivity contribution in [3.05, 3.63) is 29.3 Å². The molecule has 0 saturated carbocycles. The predicted octanol–water partition coefficient (Wildman–Crippen LogP) is 1.18. The van der Waals surface area contributed by atoms with Crippen LogP contribution in [0.25, 0.3) is 0 Å². The van der Waals surface area contributed by atoms with Gasteiger partial charge in [-0.1, -0.05) is 11.6 Å². The average molecular weight is 202 g/mol. The number of halogens is 1. The molecule has 0 saturated heterocycles. The number of benzene rings is 1. The van der Waals surface area contributed by atoms with Crippen molar-refractivity contribution in [3.63, 3.8) is 0 Å². The van der Waals surface area contributed by atoms with Gasteiger partial charge in [0.05, 0.1) is 5.97 Å². The van der Waals surface area contributed by atoms with Gasteiger partial charge in [0.1, 0.15) is 0 Å². The van der Waals surface area contributed by atoms with Crippen LogP contribution in [-0.4, -0.2) is 11.7 Å². The van der Waals surface area contributed by atoms with E-state index in [1.165, 1.54) is 11.8 Å². The van der Waals surface area contributed by atoms with Crippen LogP contribution in [0.5, 0.6) is 0 Å². The van der Waals surface area contributed by atoms with Crippen LogP contribution in [0.3, 0.4) is 0 Å². The third-order valence-electron chi connectivity index (χ3n) is 1.17. The fourth-order valence-corrected chi connectivity index (χ4v) is 1.41. The Kier molecular flexibility index (Phi) is 3.44. The van der Waals surface area contributed by atoms with Crippen LogP contribution >= 0.6 is 23.4 Å². The number of carboxylic acids is 1. The maximum Gasteiger partial charge on any atom is 0.0517 e. The van der Waals surface area contributed by atoms with Crippen LogP contribution < -0.4 is 5.11 Å². The van der Waals surface area contributed by atoms with Gasteiger partial charge in [-0.25, -0.2) is 0 Å². The lowest BCUT2D eigenvalue weighted by atomic mass is 10.4. The molecule has 0 aliphatic heterocycles. The van der Waals surface area contributed by atoms with Gasteiger partial charge in [0, 0.05) is 15.7 Å². The second-order valence-corrected chi connectivity index (χ2v) is 3.60. The molecule has 0 bridgehead atoms. The topological polar surface area (TPSA) is 40.1 Å². The fourth-order valence-electron chi connectivity index (χ4n) is 0.673. The first-order chi connectivity index (χ1) is 5.68. The molecule has 64 valence electrons. The first-order valence-corrected chi connectivity index (χ1v) is 4.63. The van der Waals surface area contributed by atoms with Crippen LogP contribution in [0.15, 0.2) is 29.2 Å². The van der Waals surface area contributed by atoms with Crippen LogP contribution in [0, 0.1) is 0 Å². The Bertz CT molecular complexity index is 271. The molecule has 0 spiro atoms. The van der Waals surface area contributed by atoms with Crippen molar-refractivity contribution in [2.75, 3.05) is 5.75 Å². The summed E-state index contributed by atoms with van der Waals surface area (Å²) in [4.78, 5) is 11.0. The van der Waals surface area contributed by atoms with Gasteiger partial charge in [0.25, 0.3) is 0 Å². The van der Waals surface area contributed by atoms with E-state index < -0.39 is 5.97 Å². The lowest BCUT2D eigenvalue weighted by Gasteiger charge is -2.01. The molecule has 0 N–H and O–H groups in total. The summed E-state index contributed by atoms with van der Waals surface area (Å²) < 4.78 is 0. The standard InChI is InChI=1S/C8H7ClO2S/c9-6-1-3-7(4-2-6)12-5-8(10)11/h1-4H,5H2,(H,10,11)/p-1. The van der Waals surface area contributed by atoms with Gasteiger partial charge in [-0.2, -0.15) is 0 Å². The van der Waals surface area contributed by atoms with E-state index in [9.17, 15) is 9.90 Å². The highest BCUT2D eigenvalue weighted by atomic mass is 35.5. The molecule has 4 heteroatoms. The Labute approximate surface area is 79.5 Å². The Morgan fingerprint density at radius 3 is 2.50 bits per heavy atom. The van der Waals surface area contributed by atoms with Gasteiger partial charge in [-0.05, 0) is 24.3 Å². The molecule has 1 aromatic carbocycles. The Hall–Kier alpha value is -0.670. The number of thioether (sulfide) groups is 1. The average Bonchev–Trinajstić information content (AvgIpc) is 2.03. The normalized spacial score (nSPS) is 9.75. The van der Waals surface area contributed by atoms with Crippen molar-refractivity contribution in [1.29, 1.82) is 0 Å². The van der Waals surface area contributed by atoms with Crippen LogP contribution in [0.1, 0.15) is 0 Å². The zero-order valence-corrected chi connectivity index (χ0v) is 7.69. The van der Waals surface area contributed by atoms with Crippen molar-refractivity contribution in [2.45, 2.75) is 4.90 Å². The minimum Gasteiger partial charge on any atom is -0.549 e. The minimum absolute atomic E-state index is 0.0262. The molecule has 0 heterocycles. The molecule has 1 aromatic rings. The van der Waals surface area contributed by atoms with Crippen LogP contribution in [0.4, 0.5) is 0 Å². The molecule has 0 atom stereocenters. The Morgan fingerprint density at radius 1 is 1.42 bits per heavy atom. The largest absolute Gasteiger partial charge is 0.549 e. The molecule has 0 aromatic heterocycles. The van der Waals surface area contributed by atoms with Crippen molar-refractivity contribution in [2.24, 2.45) is 0 Å². The summed E-state index contributed by atoms with van der Waals surface area (Å²) >= 11 is 6.85. The summed E-state index contributed by atoms with van der Waals surface area (Å²) in [7, 11) is 0. The van der Waals surface area contributed by atoms with Gasteiger partial charge < -0.3 is 9.90 Å². The number of carbonyl (C=O) groups is 1. The zero-order chi connectivity index (χ0) is 8.97. The number of carbonyl (C=O) groups excluding carboxylic acids is 1. The van der Waals surface area contributed by atoms with Gasteiger partial charge in [0.2, 0.25) is 0 Å². The van der Waals surface area contributed by atoms with E-state index in [2.05, 4.69) is 0 Å². The lowest BCUT2D eigenvalue weighted by Crippen LogP contribution is -2.24. The number of hydrogen-bond donors (Lipinski definition) is 0. The molecule has 12 heavy (non-hydrogen) atoms. The molecule has 0 aliphatic carbocycles. The number of carboxylic acid groups (broad SMARTS) is 1. The molecular formula is C8H6ClO2S-. The molecule has 0 unspecified atom stereocenters. The number of aliphatic carboxylic acids is 1. The molecule has 0 fully saturated rings. The second-order valence-electron chi connectivity index (χ2n) is 2.11. The third kappa shape index (κ3) is 3.15. The van der Waals surface area contributed by atoms with Crippen molar-refractivity contribution < 1.29 is 9.90 Å². The van der Waals surface area contributed by atoms with Crippen molar-refractivity contribution in [3.8, 4) is 0 Å². The first kappa shape index (κ1) is 9.42. The van der Waals surface area contributed by atoms with E-state index >= 15 is 0 Å².